The monoisotopic (exact) mass is 376 g/mol. The van der Waals surface area contributed by atoms with Gasteiger partial charge >= 0.3 is 0 Å². The van der Waals surface area contributed by atoms with E-state index >= 15 is 0 Å². The summed E-state index contributed by atoms with van der Waals surface area (Å²) in [6.07, 6.45) is 2.46. The minimum atomic E-state index is -0.701. The number of amides is 2. The standard InChI is InChI=1S/C21H20N4O3/c1-14(28-17-5-4-12-23-13-17)20(26)24-16-10-8-15(9-11-16)21(27)25-19-7-3-2-6-18(19)22/h2-14H,22H2,1H3,(H,24,26)(H,25,27). The molecule has 1 unspecified atom stereocenters. The fourth-order valence-electron chi connectivity index (χ4n) is 2.43. The molecule has 142 valence electrons. The molecule has 0 saturated carbocycles. The van der Waals surface area contributed by atoms with Gasteiger partial charge in [0.15, 0.2) is 6.10 Å². The first-order valence-electron chi connectivity index (χ1n) is 8.66. The number of hydrogen-bond acceptors (Lipinski definition) is 5. The quantitative estimate of drug-likeness (QED) is 0.572. The second-order valence-corrected chi connectivity index (χ2v) is 6.06. The lowest BCUT2D eigenvalue weighted by Gasteiger charge is -2.14. The van der Waals surface area contributed by atoms with Crippen molar-refractivity contribution in [1.82, 2.24) is 4.98 Å². The molecule has 28 heavy (non-hydrogen) atoms. The fraction of sp³-hybridized carbons (Fsp3) is 0.0952. The smallest absolute Gasteiger partial charge is 0.265 e. The zero-order chi connectivity index (χ0) is 19.9. The van der Waals surface area contributed by atoms with Crippen LogP contribution in [0.25, 0.3) is 0 Å². The highest BCUT2D eigenvalue weighted by Crippen LogP contribution is 2.19. The van der Waals surface area contributed by atoms with Crippen LogP contribution in [-0.4, -0.2) is 22.9 Å². The third kappa shape index (κ3) is 4.85. The van der Waals surface area contributed by atoms with E-state index in [-0.39, 0.29) is 11.8 Å². The number of nitrogens with one attached hydrogen (secondary N) is 2. The molecule has 4 N–H and O–H groups in total. The SMILES string of the molecule is CC(Oc1cccnc1)C(=O)Nc1ccc(C(=O)Nc2ccccc2N)cc1. The molecule has 1 aromatic heterocycles. The van der Waals surface area contributed by atoms with E-state index in [9.17, 15) is 9.59 Å². The Bertz CT molecular complexity index is 959. The van der Waals surface area contributed by atoms with Gasteiger partial charge in [-0.3, -0.25) is 14.6 Å². The minimum Gasteiger partial charge on any atom is -0.479 e. The van der Waals surface area contributed by atoms with Gasteiger partial charge < -0.3 is 21.1 Å². The van der Waals surface area contributed by atoms with Crippen LogP contribution in [0.1, 0.15) is 17.3 Å². The lowest BCUT2D eigenvalue weighted by molar-refractivity contribution is -0.122. The second kappa shape index (κ2) is 8.68. The summed E-state index contributed by atoms with van der Waals surface area (Å²) in [5.41, 5.74) is 7.87. The summed E-state index contributed by atoms with van der Waals surface area (Å²) in [7, 11) is 0. The number of aromatic nitrogens is 1. The van der Waals surface area contributed by atoms with Crippen LogP contribution in [0.2, 0.25) is 0 Å². The van der Waals surface area contributed by atoms with E-state index in [4.69, 9.17) is 10.5 Å². The number of rotatable bonds is 6. The highest BCUT2D eigenvalue weighted by atomic mass is 16.5. The van der Waals surface area contributed by atoms with Gasteiger partial charge in [0.2, 0.25) is 0 Å². The summed E-state index contributed by atoms with van der Waals surface area (Å²) in [6, 6.07) is 17.0. The Morgan fingerprint density at radius 2 is 1.75 bits per heavy atom. The number of anilines is 3. The highest BCUT2D eigenvalue weighted by molar-refractivity contribution is 6.06. The molecule has 0 aliphatic rings. The van der Waals surface area contributed by atoms with Crippen LogP contribution in [0.3, 0.4) is 0 Å². The Balaban J connectivity index is 1.58. The van der Waals surface area contributed by atoms with Crippen LogP contribution >= 0.6 is 0 Å². The van der Waals surface area contributed by atoms with E-state index in [0.717, 1.165) is 0 Å². The van der Waals surface area contributed by atoms with Gasteiger partial charge in [0.25, 0.3) is 11.8 Å². The predicted molar refractivity (Wildman–Crippen MR) is 108 cm³/mol. The number of nitrogens with two attached hydrogens (primary N) is 1. The molecule has 0 aliphatic heterocycles. The Morgan fingerprint density at radius 1 is 1.00 bits per heavy atom. The summed E-state index contributed by atoms with van der Waals surface area (Å²) in [4.78, 5) is 28.5. The van der Waals surface area contributed by atoms with Gasteiger partial charge in [-0.05, 0) is 55.5 Å². The Hall–Kier alpha value is -3.87. The van der Waals surface area contributed by atoms with Crippen molar-refractivity contribution in [3.8, 4) is 5.75 Å². The molecule has 1 atom stereocenters. The maximum Gasteiger partial charge on any atom is 0.265 e. The molecule has 0 bridgehead atoms. The molecule has 0 radical (unpaired) electrons. The first-order valence-corrected chi connectivity index (χ1v) is 8.66. The molecular formula is C21H20N4O3. The molecule has 0 spiro atoms. The third-order valence-corrected chi connectivity index (χ3v) is 3.94. The van der Waals surface area contributed by atoms with Crippen LogP contribution in [0.4, 0.5) is 17.1 Å². The van der Waals surface area contributed by atoms with Crippen LogP contribution < -0.4 is 21.1 Å². The van der Waals surface area contributed by atoms with E-state index in [1.54, 1.807) is 73.8 Å². The van der Waals surface area contributed by atoms with Crippen LogP contribution in [0, 0.1) is 0 Å². The highest BCUT2D eigenvalue weighted by Gasteiger charge is 2.15. The molecule has 0 aliphatic carbocycles. The van der Waals surface area contributed by atoms with Crippen molar-refractivity contribution < 1.29 is 14.3 Å². The molecule has 2 amide bonds. The van der Waals surface area contributed by atoms with E-state index in [1.165, 1.54) is 6.20 Å². The summed E-state index contributed by atoms with van der Waals surface area (Å²) >= 11 is 0. The Labute approximate surface area is 162 Å². The van der Waals surface area contributed by atoms with Crippen LogP contribution in [0.5, 0.6) is 5.75 Å². The molecule has 7 nitrogen and oxygen atoms in total. The maximum absolute atomic E-state index is 12.3. The van der Waals surface area contributed by atoms with Crippen molar-refractivity contribution in [2.24, 2.45) is 0 Å². The van der Waals surface area contributed by atoms with E-state index in [1.807, 2.05) is 0 Å². The predicted octanol–water partition coefficient (Wildman–Crippen LogP) is 3.32. The van der Waals surface area contributed by atoms with Crippen molar-refractivity contribution >= 4 is 28.9 Å². The number of hydrogen-bond donors (Lipinski definition) is 3. The van der Waals surface area contributed by atoms with Gasteiger partial charge in [-0.2, -0.15) is 0 Å². The zero-order valence-corrected chi connectivity index (χ0v) is 15.3. The van der Waals surface area contributed by atoms with E-state index in [2.05, 4.69) is 15.6 Å². The maximum atomic E-state index is 12.3. The molecule has 0 saturated heterocycles. The van der Waals surface area contributed by atoms with Crippen molar-refractivity contribution in [3.05, 3.63) is 78.6 Å². The number of pyridine rings is 1. The zero-order valence-electron chi connectivity index (χ0n) is 15.3. The van der Waals surface area contributed by atoms with E-state index < -0.39 is 6.10 Å². The van der Waals surface area contributed by atoms with Gasteiger partial charge in [-0.25, -0.2) is 0 Å². The lowest BCUT2D eigenvalue weighted by atomic mass is 10.1. The number of carbonyl (C=O) groups is 2. The molecule has 0 fully saturated rings. The number of nitrogens with zero attached hydrogens (tertiary/aromatic N) is 1. The molecule has 7 heteroatoms. The Morgan fingerprint density at radius 3 is 2.43 bits per heavy atom. The first kappa shape index (κ1) is 18.9. The fourth-order valence-corrected chi connectivity index (χ4v) is 2.43. The molecule has 1 heterocycles. The van der Waals surface area contributed by atoms with Crippen molar-refractivity contribution in [1.29, 1.82) is 0 Å². The van der Waals surface area contributed by atoms with Gasteiger partial charge in [0, 0.05) is 17.4 Å². The first-order chi connectivity index (χ1) is 13.5. The summed E-state index contributed by atoms with van der Waals surface area (Å²) in [5, 5.41) is 5.51. The lowest BCUT2D eigenvalue weighted by Crippen LogP contribution is -2.30. The van der Waals surface area contributed by atoms with Crippen LogP contribution in [0.15, 0.2) is 73.1 Å². The summed E-state index contributed by atoms with van der Waals surface area (Å²) in [5.74, 6) is -0.0838. The number of ether oxygens (including phenoxy) is 1. The summed E-state index contributed by atoms with van der Waals surface area (Å²) < 4.78 is 5.54. The van der Waals surface area contributed by atoms with Gasteiger partial charge in [-0.15, -0.1) is 0 Å². The number of para-hydroxylation sites is 2. The second-order valence-electron chi connectivity index (χ2n) is 6.06. The van der Waals surface area contributed by atoms with Gasteiger partial charge in [-0.1, -0.05) is 12.1 Å². The van der Waals surface area contributed by atoms with Gasteiger partial charge in [0.1, 0.15) is 5.75 Å². The largest absolute Gasteiger partial charge is 0.479 e. The average Bonchev–Trinajstić information content (AvgIpc) is 2.71. The molecular weight excluding hydrogens is 356 g/mol. The summed E-state index contributed by atoms with van der Waals surface area (Å²) in [6.45, 7) is 1.65. The van der Waals surface area contributed by atoms with Gasteiger partial charge in [0.05, 0.1) is 17.6 Å². The van der Waals surface area contributed by atoms with Crippen molar-refractivity contribution in [2.75, 3.05) is 16.4 Å². The average molecular weight is 376 g/mol. The van der Waals surface area contributed by atoms with E-state index in [0.29, 0.717) is 28.4 Å². The topological polar surface area (TPSA) is 106 Å². The molecule has 3 aromatic rings. The number of benzene rings is 2. The minimum absolute atomic E-state index is 0.288. The van der Waals surface area contributed by atoms with Crippen molar-refractivity contribution in [2.45, 2.75) is 13.0 Å². The Kier molecular flexibility index (Phi) is 5.86. The van der Waals surface area contributed by atoms with Crippen LogP contribution in [-0.2, 0) is 4.79 Å². The molecule has 2 aromatic carbocycles. The number of nitrogen functional groups attached to an aromatic ring is 1. The van der Waals surface area contributed by atoms with Crippen molar-refractivity contribution in [3.63, 3.8) is 0 Å². The number of carbonyl (C=O) groups excluding carboxylic acids is 2. The normalized spacial score (nSPS) is 11.3. The molecule has 3 rings (SSSR count). The third-order valence-electron chi connectivity index (χ3n) is 3.94.